The monoisotopic (exact) mass is 672 g/mol. The first-order valence-corrected chi connectivity index (χ1v) is 15.1. The minimum Gasteiger partial charge on any atom is -0.508 e. The van der Waals surface area contributed by atoms with Gasteiger partial charge in [0.2, 0.25) is 0 Å². The molecule has 1 unspecified atom stereocenters. The van der Waals surface area contributed by atoms with Crippen molar-refractivity contribution in [3.8, 4) is 28.4 Å². The molecule has 0 aliphatic carbocycles. The number of hydrogen-bond donors (Lipinski definition) is 3. The number of rotatable bonds is 13. The van der Waals surface area contributed by atoms with Crippen LogP contribution in [0.1, 0.15) is 22.3 Å². The van der Waals surface area contributed by atoms with Crippen LogP contribution >= 0.6 is 27.5 Å². The maximum absolute atomic E-state index is 12.1. The summed E-state index contributed by atoms with van der Waals surface area (Å²) in [6, 6.07) is 28.9. The Kier molecular flexibility index (Phi) is 10.5. The van der Waals surface area contributed by atoms with E-state index >= 15 is 0 Å². The molecule has 0 radical (unpaired) electrons. The van der Waals surface area contributed by atoms with Crippen molar-refractivity contribution in [1.82, 2.24) is 10.3 Å². The fraction of sp³-hybridized carbons (Fsp3) is 0.143. The summed E-state index contributed by atoms with van der Waals surface area (Å²) in [5.41, 5.74) is 5.42. The van der Waals surface area contributed by atoms with Crippen molar-refractivity contribution in [1.29, 1.82) is 0 Å². The number of halogens is 2. The van der Waals surface area contributed by atoms with E-state index in [4.69, 9.17) is 21.1 Å². The van der Waals surface area contributed by atoms with Gasteiger partial charge in [-0.25, -0.2) is 0 Å². The normalized spacial score (nSPS) is 11.6. The number of pyridine rings is 1. The SMILES string of the molecule is O=C(O)C(Cc1ccc(O)cc1)NCc1cc(Cl)c(OCc2cccc(-c3ccccc3)c2Br)cc1OCc1cccnc1. The number of aliphatic carboxylic acids is 1. The Bertz CT molecular complexity index is 1700. The lowest BCUT2D eigenvalue weighted by atomic mass is 10.0. The second kappa shape index (κ2) is 14.9. The predicted octanol–water partition coefficient (Wildman–Crippen LogP) is 7.81. The van der Waals surface area contributed by atoms with Gasteiger partial charge >= 0.3 is 5.97 Å². The van der Waals surface area contributed by atoms with E-state index in [1.54, 1.807) is 36.7 Å². The summed E-state index contributed by atoms with van der Waals surface area (Å²) in [5, 5.41) is 22.9. The van der Waals surface area contributed by atoms with Crippen LogP contribution in [0.5, 0.6) is 17.2 Å². The average Bonchev–Trinajstić information content (AvgIpc) is 3.04. The van der Waals surface area contributed by atoms with Crippen LogP contribution in [0.15, 0.2) is 114 Å². The maximum atomic E-state index is 12.1. The number of phenolic OH excluding ortho intramolecular Hbond substituents is 1. The van der Waals surface area contributed by atoms with E-state index in [1.165, 1.54) is 12.1 Å². The molecule has 44 heavy (non-hydrogen) atoms. The summed E-state index contributed by atoms with van der Waals surface area (Å²) in [6.07, 6.45) is 3.64. The number of ether oxygens (including phenoxy) is 2. The molecule has 1 aromatic heterocycles. The molecular weight excluding hydrogens is 644 g/mol. The molecule has 5 aromatic rings. The summed E-state index contributed by atoms with van der Waals surface area (Å²) < 4.78 is 13.3. The number of aromatic hydroxyl groups is 1. The molecule has 0 aliphatic rings. The standard InChI is InChI=1S/C35H30BrClN2O5/c36-34-26(9-4-10-29(34)25-7-2-1-3-8-25)22-44-33-18-32(43-21-24-6-5-15-38-19-24)27(17-30(33)37)20-39-31(35(41)42)16-23-11-13-28(40)14-12-23/h1-15,17-19,31,39-40H,16,20-22H2,(H,41,42). The van der Waals surface area contributed by atoms with Crippen LogP contribution in [-0.2, 0) is 31.0 Å². The fourth-order valence-corrected chi connectivity index (χ4v) is 5.49. The molecule has 0 saturated heterocycles. The van der Waals surface area contributed by atoms with Gasteiger partial charge in [-0.3, -0.25) is 15.1 Å². The lowest BCUT2D eigenvalue weighted by Gasteiger charge is -2.19. The third kappa shape index (κ3) is 8.17. The first-order chi connectivity index (χ1) is 21.4. The first kappa shape index (κ1) is 31.1. The van der Waals surface area contributed by atoms with Gasteiger partial charge in [0, 0.05) is 46.2 Å². The molecule has 0 saturated carbocycles. The minimum atomic E-state index is -0.995. The molecule has 0 amide bonds. The van der Waals surface area contributed by atoms with Crippen LogP contribution in [0.2, 0.25) is 5.02 Å². The Morgan fingerprint density at radius 1 is 0.864 bits per heavy atom. The van der Waals surface area contributed by atoms with Gasteiger partial charge in [0.1, 0.15) is 36.5 Å². The van der Waals surface area contributed by atoms with Crippen molar-refractivity contribution < 1.29 is 24.5 Å². The van der Waals surface area contributed by atoms with E-state index in [-0.39, 0.29) is 31.9 Å². The van der Waals surface area contributed by atoms with E-state index in [2.05, 4.69) is 38.4 Å². The predicted molar refractivity (Wildman–Crippen MR) is 174 cm³/mol. The fourth-order valence-electron chi connectivity index (χ4n) is 4.64. The minimum absolute atomic E-state index is 0.122. The van der Waals surface area contributed by atoms with E-state index in [0.717, 1.165) is 32.3 Å². The Morgan fingerprint density at radius 2 is 1.64 bits per heavy atom. The number of phenols is 1. The van der Waals surface area contributed by atoms with Crippen LogP contribution in [0.3, 0.4) is 0 Å². The zero-order valence-electron chi connectivity index (χ0n) is 23.6. The van der Waals surface area contributed by atoms with Gasteiger partial charge in [0.25, 0.3) is 0 Å². The number of nitrogens with one attached hydrogen (secondary N) is 1. The lowest BCUT2D eigenvalue weighted by molar-refractivity contribution is -0.139. The smallest absolute Gasteiger partial charge is 0.321 e. The Morgan fingerprint density at radius 3 is 2.36 bits per heavy atom. The van der Waals surface area contributed by atoms with Gasteiger partial charge < -0.3 is 19.7 Å². The van der Waals surface area contributed by atoms with Crippen LogP contribution in [0, 0.1) is 0 Å². The number of carbonyl (C=O) groups is 1. The van der Waals surface area contributed by atoms with Gasteiger partial charge in [-0.15, -0.1) is 0 Å². The quantitative estimate of drug-likeness (QED) is 0.117. The van der Waals surface area contributed by atoms with Gasteiger partial charge in [0.15, 0.2) is 0 Å². The Labute approximate surface area is 269 Å². The molecule has 0 bridgehead atoms. The van der Waals surface area contributed by atoms with E-state index in [1.807, 2.05) is 48.5 Å². The van der Waals surface area contributed by atoms with Crippen molar-refractivity contribution in [3.05, 3.63) is 141 Å². The summed E-state index contributed by atoms with van der Waals surface area (Å²) in [5.74, 6) is 0.0709. The highest BCUT2D eigenvalue weighted by Gasteiger charge is 2.20. The van der Waals surface area contributed by atoms with Crippen molar-refractivity contribution in [2.45, 2.75) is 32.2 Å². The molecule has 7 nitrogen and oxygen atoms in total. The second-order valence-electron chi connectivity index (χ2n) is 10.1. The average molecular weight is 674 g/mol. The second-order valence-corrected chi connectivity index (χ2v) is 11.3. The molecule has 0 aliphatic heterocycles. The van der Waals surface area contributed by atoms with Crippen LogP contribution < -0.4 is 14.8 Å². The van der Waals surface area contributed by atoms with Crippen molar-refractivity contribution in [3.63, 3.8) is 0 Å². The van der Waals surface area contributed by atoms with Gasteiger partial charge in [-0.05, 0) is 63.3 Å². The maximum Gasteiger partial charge on any atom is 0.321 e. The van der Waals surface area contributed by atoms with Gasteiger partial charge in [-0.1, -0.05) is 78.3 Å². The zero-order chi connectivity index (χ0) is 30.9. The Balaban J connectivity index is 1.36. The molecule has 3 N–H and O–H groups in total. The first-order valence-electron chi connectivity index (χ1n) is 13.9. The van der Waals surface area contributed by atoms with Crippen LogP contribution in [0.25, 0.3) is 11.1 Å². The highest BCUT2D eigenvalue weighted by Crippen LogP contribution is 2.36. The number of aromatic nitrogens is 1. The summed E-state index contributed by atoms with van der Waals surface area (Å²) >= 11 is 10.5. The molecule has 1 heterocycles. The molecule has 224 valence electrons. The lowest BCUT2D eigenvalue weighted by Crippen LogP contribution is -2.38. The van der Waals surface area contributed by atoms with Gasteiger partial charge in [-0.2, -0.15) is 0 Å². The summed E-state index contributed by atoms with van der Waals surface area (Å²) in [7, 11) is 0. The Hall–Kier alpha value is -4.37. The molecular formula is C35H30BrClN2O5. The van der Waals surface area contributed by atoms with Crippen molar-refractivity contribution in [2.24, 2.45) is 0 Å². The van der Waals surface area contributed by atoms with E-state index in [9.17, 15) is 15.0 Å². The highest BCUT2D eigenvalue weighted by atomic mass is 79.9. The van der Waals surface area contributed by atoms with Crippen LogP contribution in [0.4, 0.5) is 0 Å². The van der Waals surface area contributed by atoms with Crippen molar-refractivity contribution >= 4 is 33.5 Å². The molecule has 9 heteroatoms. The van der Waals surface area contributed by atoms with Crippen LogP contribution in [-0.4, -0.2) is 27.2 Å². The third-order valence-electron chi connectivity index (χ3n) is 6.99. The van der Waals surface area contributed by atoms with E-state index in [0.29, 0.717) is 22.1 Å². The number of benzene rings is 4. The number of carboxylic acids is 1. The highest BCUT2D eigenvalue weighted by molar-refractivity contribution is 9.10. The van der Waals surface area contributed by atoms with Gasteiger partial charge in [0.05, 0.1) is 5.02 Å². The van der Waals surface area contributed by atoms with E-state index < -0.39 is 12.0 Å². The summed E-state index contributed by atoms with van der Waals surface area (Å²) in [4.78, 5) is 16.2. The number of hydrogen-bond acceptors (Lipinski definition) is 6. The number of nitrogens with zero attached hydrogens (tertiary/aromatic N) is 1. The molecule has 4 aromatic carbocycles. The zero-order valence-corrected chi connectivity index (χ0v) is 26.0. The van der Waals surface area contributed by atoms with Crippen molar-refractivity contribution in [2.75, 3.05) is 0 Å². The summed E-state index contributed by atoms with van der Waals surface area (Å²) in [6.45, 7) is 0.693. The molecule has 0 spiro atoms. The topological polar surface area (TPSA) is 101 Å². The largest absolute Gasteiger partial charge is 0.508 e. The third-order valence-corrected chi connectivity index (χ3v) is 8.22. The molecule has 1 atom stereocenters. The molecule has 0 fully saturated rings. The number of carboxylic acid groups (broad SMARTS) is 1. The molecule has 5 rings (SSSR count).